The number of nitrogen functional groups attached to an aromatic ring is 1. The molecule has 0 radical (unpaired) electrons. The molecule has 0 bridgehead atoms. The second-order valence-electron chi connectivity index (χ2n) is 7.52. The van der Waals surface area contributed by atoms with E-state index in [0.29, 0.717) is 11.3 Å². The average Bonchev–Trinajstić information content (AvgIpc) is 2.69. The average molecular weight is 484 g/mol. The predicted molar refractivity (Wildman–Crippen MR) is 117 cm³/mol. The molecular weight excluding hydrogens is 456 g/mol. The SMILES string of the molecule is Nc1ccc(CC(CN(CCN(CC(=O)O)CC(=O)O)C(=O)O)N(CC(=O)O)CC(=O)O)cc1. The Labute approximate surface area is 194 Å². The topological polar surface area (TPSA) is 222 Å². The number of hydrogen-bond acceptors (Lipinski definition) is 8. The van der Waals surface area contributed by atoms with E-state index in [-0.39, 0.29) is 26.1 Å². The van der Waals surface area contributed by atoms with Gasteiger partial charge in [0.1, 0.15) is 0 Å². The molecule has 0 spiro atoms. The molecule has 1 unspecified atom stereocenters. The molecule has 0 aliphatic heterocycles. The fourth-order valence-corrected chi connectivity index (χ4v) is 3.27. The van der Waals surface area contributed by atoms with Crippen LogP contribution in [0.25, 0.3) is 0 Å². The third-order valence-corrected chi connectivity index (χ3v) is 4.75. The van der Waals surface area contributed by atoms with Crippen LogP contribution in [0.2, 0.25) is 0 Å². The molecule has 0 saturated carbocycles. The Morgan fingerprint density at radius 2 is 1.21 bits per heavy atom. The van der Waals surface area contributed by atoms with E-state index in [1.54, 1.807) is 24.3 Å². The zero-order valence-corrected chi connectivity index (χ0v) is 18.2. The zero-order valence-electron chi connectivity index (χ0n) is 18.2. The second kappa shape index (κ2) is 13.6. The quantitative estimate of drug-likeness (QED) is 0.157. The lowest BCUT2D eigenvalue weighted by molar-refractivity contribution is -0.144. The molecule has 1 atom stereocenters. The lowest BCUT2D eigenvalue weighted by atomic mass is 10.0. The van der Waals surface area contributed by atoms with Crippen LogP contribution in [0.5, 0.6) is 0 Å². The van der Waals surface area contributed by atoms with Gasteiger partial charge in [0.25, 0.3) is 0 Å². The van der Waals surface area contributed by atoms with Crippen molar-refractivity contribution in [1.82, 2.24) is 14.7 Å². The number of carbonyl (C=O) groups is 5. The normalized spacial score (nSPS) is 11.8. The lowest BCUT2D eigenvalue weighted by Crippen LogP contribution is -2.51. The number of benzene rings is 1. The minimum Gasteiger partial charge on any atom is -0.480 e. The van der Waals surface area contributed by atoms with Gasteiger partial charge in [0.15, 0.2) is 0 Å². The third kappa shape index (κ3) is 11.1. The Hall–Kier alpha value is -3.91. The Morgan fingerprint density at radius 3 is 1.62 bits per heavy atom. The first-order valence-electron chi connectivity index (χ1n) is 10.0. The van der Waals surface area contributed by atoms with Gasteiger partial charge in [0.05, 0.1) is 26.2 Å². The molecule has 0 aromatic heterocycles. The monoisotopic (exact) mass is 484 g/mol. The summed E-state index contributed by atoms with van der Waals surface area (Å²) in [6, 6.07) is 5.61. The zero-order chi connectivity index (χ0) is 25.8. The fraction of sp³-hybridized carbons (Fsp3) is 0.450. The summed E-state index contributed by atoms with van der Waals surface area (Å²) in [5, 5.41) is 46.0. The van der Waals surface area contributed by atoms with Crippen LogP contribution in [-0.4, -0.2) is 122 Å². The summed E-state index contributed by atoms with van der Waals surface area (Å²) in [4.78, 5) is 59.5. The maximum absolute atomic E-state index is 11.9. The van der Waals surface area contributed by atoms with Gasteiger partial charge in [-0.1, -0.05) is 12.1 Å². The van der Waals surface area contributed by atoms with Crippen LogP contribution in [0.3, 0.4) is 0 Å². The highest BCUT2D eigenvalue weighted by molar-refractivity contribution is 5.73. The summed E-state index contributed by atoms with van der Waals surface area (Å²) in [6.45, 7) is -3.40. The van der Waals surface area contributed by atoms with Crippen molar-refractivity contribution < 1.29 is 49.5 Å². The first kappa shape index (κ1) is 28.1. The van der Waals surface area contributed by atoms with Crippen molar-refractivity contribution >= 4 is 35.7 Å². The van der Waals surface area contributed by atoms with Crippen LogP contribution in [-0.2, 0) is 25.6 Å². The second-order valence-corrected chi connectivity index (χ2v) is 7.52. The number of anilines is 1. The van der Waals surface area contributed by atoms with Crippen LogP contribution in [0.1, 0.15) is 5.56 Å². The number of aliphatic carboxylic acids is 4. The van der Waals surface area contributed by atoms with Gasteiger partial charge in [-0.05, 0) is 24.1 Å². The van der Waals surface area contributed by atoms with Gasteiger partial charge in [-0.2, -0.15) is 0 Å². The van der Waals surface area contributed by atoms with Gasteiger partial charge >= 0.3 is 30.0 Å². The van der Waals surface area contributed by atoms with Crippen LogP contribution in [0.15, 0.2) is 24.3 Å². The summed E-state index contributed by atoms with van der Waals surface area (Å²) in [6.07, 6.45) is -1.32. The van der Waals surface area contributed by atoms with Crippen LogP contribution in [0, 0.1) is 0 Å². The molecule has 1 aromatic rings. The van der Waals surface area contributed by atoms with Crippen molar-refractivity contribution in [2.45, 2.75) is 12.5 Å². The van der Waals surface area contributed by atoms with Crippen molar-refractivity contribution in [2.24, 2.45) is 0 Å². The van der Waals surface area contributed by atoms with E-state index in [4.69, 9.17) is 15.9 Å². The smallest absolute Gasteiger partial charge is 0.407 e. The van der Waals surface area contributed by atoms with Crippen LogP contribution >= 0.6 is 0 Å². The Kier molecular flexibility index (Phi) is 11.2. The molecule has 1 rings (SSSR count). The molecule has 188 valence electrons. The molecule has 0 aliphatic rings. The van der Waals surface area contributed by atoms with Gasteiger partial charge in [-0.3, -0.25) is 29.0 Å². The third-order valence-electron chi connectivity index (χ3n) is 4.75. The van der Waals surface area contributed by atoms with Gasteiger partial charge in [-0.15, -0.1) is 0 Å². The number of carboxylic acid groups (broad SMARTS) is 5. The van der Waals surface area contributed by atoms with E-state index in [9.17, 15) is 39.3 Å². The molecule has 0 saturated heterocycles. The molecule has 0 heterocycles. The Morgan fingerprint density at radius 1 is 0.735 bits per heavy atom. The molecule has 34 heavy (non-hydrogen) atoms. The summed E-state index contributed by atoms with van der Waals surface area (Å²) in [5.41, 5.74) is 6.79. The van der Waals surface area contributed by atoms with Crippen molar-refractivity contribution in [3.63, 3.8) is 0 Å². The molecule has 0 fully saturated rings. The lowest BCUT2D eigenvalue weighted by Gasteiger charge is -2.33. The highest BCUT2D eigenvalue weighted by Gasteiger charge is 2.28. The molecule has 1 aromatic carbocycles. The minimum absolute atomic E-state index is 0.0958. The van der Waals surface area contributed by atoms with Crippen LogP contribution in [0.4, 0.5) is 10.5 Å². The Bertz CT molecular complexity index is 845. The van der Waals surface area contributed by atoms with E-state index >= 15 is 0 Å². The molecule has 1 amide bonds. The number of rotatable bonds is 16. The van der Waals surface area contributed by atoms with Gasteiger partial charge in [-0.25, -0.2) is 4.79 Å². The van der Waals surface area contributed by atoms with Crippen molar-refractivity contribution in [3.8, 4) is 0 Å². The number of amides is 1. The number of hydrogen-bond donors (Lipinski definition) is 6. The Balaban J connectivity index is 3.14. The highest BCUT2D eigenvalue weighted by atomic mass is 16.4. The van der Waals surface area contributed by atoms with Gasteiger partial charge < -0.3 is 36.2 Å². The van der Waals surface area contributed by atoms with Crippen molar-refractivity contribution in [3.05, 3.63) is 29.8 Å². The summed E-state index contributed by atoms with van der Waals surface area (Å²) in [5.74, 6) is -5.20. The van der Waals surface area contributed by atoms with E-state index in [2.05, 4.69) is 0 Å². The fourth-order valence-electron chi connectivity index (χ4n) is 3.27. The highest BCUT2D eigenvalue weighted by Crippen LogP contribution is 2.14. The standard InChI is InChI=1S/C20H28N4O10/c21-14-3-1-13(2-4-14)7-15(24(11-18(29)30)12-19(31)32)8-23(20(33)34)6-5-22(9-16(25)26)10-17(27)28/h1-4,15H,5-12,21H2,(H,25,26)(H,27,28)(H,29,30)(H,31,32)(H,33,34). The number of nitrogens with two attached hydrogens (primary N) is 1. The molecule has 7 N–H and O–H groups in total. The molecule has 14 nitrogen and oxygen atoms in total. The van der Waals surface area contributed by atoms with Crippen molar-refractivity contribution in [1.29, 1.82) is 0 Å². The summed E-state index contributed by atoms with van der Waals surface area (Å²) in [7, 11) is 0. The molecular formula is C20H28N4O10. The summed E-state index contributed by atoms with van der Waals surface area (Å²) < 4.78 is 0. The van der Waals surface area contributed by atoms with E-state index < -0.39 is 62.2 Å². The molecule has 0 aliphatic carbocycles. The van der Waals surface area contributed by atoms with E-state index in [0.717, 1.165) is 14.7 Å². The van der Waals surface area contributed by atoms with E-state index in [1.807, 2.05) is 0 Å². The molecule has 14 heteroatoms. The van der Waals surface area contributed by atoms with E-state index in [1.165, 1.54) is 0 Å². The van der Waals surface area contributed by atoms with Crippen LogP contribution < -0.4 is 5.73 Å². The van der Waals surface area contributed by atoms with Gasteiger partial charge in [0.2, 0.25) is 0 Å². The summed E-state index contributed by atoms with van der Waals surface area (Å²) >= 11 is 0. The first-order valence-corrected chi connectivity index (χ1v) is 10.0. The maximum atomic E-state index is 11.9. The predicted octanol–water partition coefficient (Wildman–Crippen LogP) is -0.898. The van der Waals surface area contributed by atoms with Gasteiger partial charge in [0, 0.05) is 31.4 Å². The maximum Gasteiger partial charge on any atom is 0.407 e. The first-order chi connectivity index (χ1) is 15.9. The minimum atomic E-state index is -1.42. The number of carboxylic acids is 4. The largest absolute Gasteiger partial charge is 0.480 e. The van der Waals surface area contributed by atoms with Crippen molar-refractivity contribution in [2.75, 3.05) is 51.5 Å². The number of nitrogens with zero attached hydrogens (tertiary/aromatic N) is 3.